The van der Waals surface area contributed by atoms with E-state index in [-0.39, 0.29) is 11.8 Å². The fourth-order valence-corrected chi connectivity index (χ4v) is 10.7. The Bertz CT molecular complexity index is 863. The zero-order valence-electron chi connectivity index (χ0n) is 36.1. The first-order valence-electron chi connectivity index (χ1n) is 21.0. The first-order chi connectivity index (χ1) is 25.8. The minimum absolute atomic E-state index is 0.00300. The second-order valence-electron chi connectivity index (χ2n) is 15.0. The van der Waals surface area contributed by atoms with Crippen LogP contribution in [-0.2, 0) is 36.1 Å². The number of amides is 2. The standard InChI is InChI=1S/C38H82N6O8Si2/c1-11-25-47-53(48-26-12-2,49-27-13-3)31-17-21-41-35(45)19-23-39-33-37(7,8)43-44-38(9,10)34-40-24-20-36(46)42-22-18-32-54(50-28-14-4,51-29-15-5)52-30-16-6/h39-40H,11-34H2,1-10H3,(H,41,45)(H,42,46). The highest BCUT2D eigenvalue weighted by molar-refractivity contribution is 6.61. The summed E-state index contributed by atoms with van der Waals surface area (Å²) >= 11 is 0. The fourth-order valence-electron chi connectivity index (χ4n) is 5.00. The van der Waals surface area contributed by atoms with Crippen molar-refractivity contribution < 1.29 is 36.1 Å². The van der Waals surface area contributed by atoms with Crippen LogP contribution in [0, 0.1) is 0 Å². The summed E-state index contributed by atoms with van der Waals surface area (Å²) < 4.78 is 36.9. The molecule has 0 unspecified atom stereocenters. The van der Waals surface area contributed by atoms with Crippen molar-refractivity contribution in [3.63, 3.8) is 0 Å². The number of nitrogens with zero attached hydrogens (tertiary/aromatic N) is 2. The summed E-state index contributed by atoms with van der Waals surface area (Å²) in [6.45, 7) is 27.6. The summed E-state index contributed by atoms with van der Waals surface area (Å²) in [5.41, 5.74) is -0.884. The summed E-state index contributed by atoms with van der Waals surface area (Å²) in [6, 6.07) is 1.38. The molecular weight excluding hydrogens is 725 g/mol. The molecule has 0 bridgehead atoms. The van der Waals surface area contributed by atoms with Crippen molar-refractivity contribution in [3.05, 3.63) is 0 Å². The number of hydrogen-bond donors (Lipinski definition) is 4. The molecule has 0 aromatic heterocycles. The molecule has 54 heavy (non-hydrogen) atoms. The molecule has 2 amide bonds. The Morgan fingerprint density at radius 2 is 0.759 bits per heavy atom. The highest BCUT2D eigenvalue weighted by Gasteiger charge is 2.41. The van der Waals surface area contributed by atoms with Crippen molar-refractivity contribution in [2.24, 2.45) is 10.2 Å². The maximum Gasteiger partial charge on any atom is 0.501 e. The molecule has 0 atom stereocenters. The van der Waals surface area contributed by atoms with Gasteiger partial charge >= 0.3 is 17.6 Å². The molecule has 4 N–H and O–H groups in total. The molecule has 0 fully saturated rings. The number of hydrogen-bond acceptors (Lipinski definition) is 12. The smallest absolute Gasteiger partial charge is 0.373 e. The molecule has 0 rings (SSSR count). The van der Waals surface area contributed by atoms with Gasteiger partial charge in [-0.1, -0.05) is 41.5 Å². The quantitative estimate of drug-likeness (QED) is 0.0312. The molecule has 0 saturated heterocycles. The van der Waals surface area contributed by atoms with Crippen LogP contribution in [0.5, 0.6) is 0 Å². The van der Waals surface area contributed by atoms with Crippen LogP contribution in [0.2, 0.25) is 12.1 Å². The monoisotopic (exact) mass is 807 g/mol. The summed E-state index contributed by atoms with van der Waals surface area (Å²) in [5, 5.41) is 22.0. The molecule has 0 radical (unpaired) electrons. The third kappa shape index (κ3) is 27.3. The van der Waals surface area contributed by atoms with Gasteiger partial charge in [0.05, 0.1) is 11.1 Å². The highest BCUT2D eigenvalue weighted by Crippen LogP contribution is 2.21. The molecule has 0 heterocycles. The van der Waals surface area contributed by atoms with Gasteiger partial charge in [-0.3, -0.25) is 9.59 Å². The lowest BCUT2D eigenvalue weighted by atomic mass is 10.1. The second kappa shape index (κ2) is 31.7. The molecular formula is C38H82N6O8Si2. The Morgan fingerprint density at radius 3 is 1.02 bits per heavy atom. The van der Waals surface area contributed by atoms with Crippen molar-refractivity contribution in [1.29, 1.82) is 0 Å². The van der Waals surface area contributed by atoms with E-state index < -0.39 is 28.7 Å². The first kappa shape index (κ1) is 52.7. The Labute approximate surface area is 331 Å². The first-order valence-corrected chi connectivity index (χ1v) is 24.9. The number of carbonyl (C=O) groups is 2. The zero-order chi connectivity index (χ0) is 40.6. The molecule has 320 valence electrons. The Hall–Kier alpha value is -1.35. The summed E-state index contributed by atoms with van der Waals surface area (Å²) in [7, 11) is -5.50. The molecule has 0 aromatic carbocycles. The molecule has 0 saturated carbocycles. The van der Waals surface area contributed by atoms with E-state index in [2.05, 4.69) is 73.0 Å². The third-order valence-electron chi connectivity index (χ3n) is 7.88. The van der Waals surface area contributed by atoms with Crippen molar-refractivity contribution >= 4 is 29.4 Å². The SMILES string of the molecule is CCCO[Si](CCCNC(=O)CCNCC(C)(C)N=NC(C)(C)CNCCC(=O)NCCC[Si](OCCC)(OCCC)OCCC)(OCCC)OCCC. The van der Waals surface area contributed by atoms with Gasteiger partial charge in [-0.15, -0.1) is 0 Å². The van der Waals surface area contributed by atoms with Crippen LogP contribution in [0.3, 0.4) is 0 Å². The number of carbonyl (C=O) groups excluding carboxylic acids is 2. The van der Waals surface area contributed by atoms with Crippen LogP contribution >= 0.6 is 0 Å². The van der Waals surface area contributed by atoms with Crippen molar-refractivity contribution in [1.82, 2.24) is 21.3 Å². The van der Waals surface area contributed by atoms with Crippen LogP contribution in [0.1, 0.15) is 133 Å². The Morgan fingerprint density at radius 1 is 0.481 bits per heavy atom. The van der Waals surface area contributed by atoms with Gasteiger partial charge in [-0.2, -0.15) is 10.2 Å². The fraction of sp³-hybridized carbons (Fsp3) is 0.947. The average molecular weight is 807 g/mol. The van der Waals surface area contributed by atoms with Gasteiger partial charge in [-0.05, 0) is 79.1 Å². The van der Waals surface area contributed by atoms with Crippen LogP contribution in [0.25, 0.3) is 0 Å². The lowest BCUT2D eigenvalue weighted by molar-refractivity contribution is -0.121. The maximum atomic E-state index is 12.5. The van der Waals surface area contributed by atoms with Gasteiger partial charge < -0.3 is 47.8 Å². The molecule has 0 spiro atoms. The minimum Gasteiger partial charge on any atom is -0.373 e. The predicted molar refractivity (Wildman–Crippen MR) is 222 cm³/mol. The van der Waals surface area contributed by atoms with Crippen molar-refractivity contribution in [3.8, 4) is 0 Å². The summed E-state index contributed by atoms with van der Waals surface area (Å²) in [4.78, 5) is 25.0. The van der Waals surface area contributed by atoms with E-state index in [0.717, 1.165) is 51.4 Å². The summed E-state index contributed by atoms with van der Waals surface area (Å²) in [6.07, 6.45) is 7.68. The second-order valence-corrected chi connectivity index (χ2v) is 20.5. The maximum absolute atomic E-state index is 12.5. The summed E-state index contributed by atoms with van der Waals surface area (Å²) in [5.74, 6) is 0.00599. The minimum atomic E-state index is -2.75. The van der Waals surface area contributed by atoms with Crippen molar-refractivity contribution in [2.75, 3.05) is 78.9 Å². The molecule has 0 aliphatic rings. The van der Waals surface area contributed by atoms with Gasteiger partial charge in [0.15, 0.2) is 0 Å². The topological polar surface area (TPSA) is 162 Å². The lowest BCUT2D eigenvalue weighted by Crippen LogP contribution is -2.47. The van der Waals surface area contributed by atoms with Gasteiger partial charge in [-0.25, -0.2) is 0 Å². The van der Waals surface area contributed by atoms with E-state index >= 15 is 0 Å². The largest absolute Gasteiger partial charge is 0.501 e. The highest BCUT2D eigenvalue weighted by atomic mass is 28.4. The average Bonchev–Trinajstić information content (AvgIpc) is 3.15. The van der Waals surface area contributed by atoms with Crippen LogP contribution in [-0.4, -0.2) is 119 Å². The van der Waals surface area contributed by atoms with Crippen LogP contribution < -0.4 is 21.3 Å². The van der Waals surface area contributed by atoms with Crippen LogP contribution in [0.15, 0.2) is 10.2 Å². The van der Waals surface area contributed by atoms with E-state index in [1.54, 1.807) is 0 Å². The molecule has 0 aromatic rings. The Kier molecular flexibility index (Phi) is 30.9. The van der Waals surface area contributed by atoms with Crippen LogP contribution in [0.4, 0.5) is 0 Å². The number of azo groups is 1. The number of rotatable bonds is 38. The molecule has 0 aliphatic carbocycles. The molecule has 14 nitrogen and oxygen atoms in total. The predicted octanol–water partition coefficient (Wildman–Crippen LogP) is 6.41. The van der Waals surface area contributed by atoms with Gasteiger partial charge in [0.25, 0.3) is 0 Å². The van der Waals surface area contributed by atoms with Crippen molar-refractivity contribution in [2.45, 2.75) is 157 Å². The zero-order valence-corrected chi connectivity index (χ0v) is 38.1. The Balaban J connectivity index is 4.48. The normalized spacial score (nSPS) is 12.9. The van der Waals surface area contributed by atoms with Gasteiger partial charge in [0, 0.05) is 104 Å². The van der Waals surface area contributed by atoms with Gasteiger partial charge in [0.2, 0.25) is 11.8 Å². The third-order valence-corrected chi connectivity index (χ3v) is 13.7. The molecule has 0 aliphatic heterocycles. The van der Waals surface area contributed by atoms with Gasteiger partial charge in [0.1, 0.15) is 0 Å². The number of nitrogens with one attached hydrogen (secondary N) is 4. The van der Waals surface area contributed by atoms with E-state index in [1.165, 1.54) is 0 Å². The molecule has 16 heteroatoms. The van der Waals surface area contributed by atoms with E-state index in [0.29, 0.717) is 104 Å². The van der Waals surface area contributed by atoms with E-state index in [1.807, 2.05) is 27.7 Å². The van der Waals surface area contributed by atoms with E-state index in [4.69, 9.17) is 26.6 Å². The van der Waals surface area contributed by atoms with E-state index in [9.17, 15) is 9.59 Å². The lowest BCUT2D eigenvalue weighted by Gasteiger charge is -2.29.